The lowest BCUT2D eigenvalue weighted by Gasteiger charge is -2.20. The fraction of sp³-hybridized carbons (Fsp3) is 0.526. The third kappa shape index (κ3) is 2.70. The molecule has 8 nitrogen and oxygen atoms in total. The van der Waals surface area contributed by atoms with E-state index in [1.165, 1.54) is 12.8 Å². The van der Waals surface area contributed by atoms with Crippen LogP contribution < -0.4 is 0 Å². The average Bonchev–Trinajstić information content (AvgIpc) is 3.39. The second-order valence-electron chi connectivity index (χ2n) is 7.64. The van der Waals surface area contributed by atoms with Crippen molar-refractivity contribution in [3.8, 4) is 0 Å². The molecular formula is C19H23N7O. The molecule has 0 radical (unpaired) electrons. The lowest BCUT2D eigenvalue weighted by Crippen LogP contribution is -2.34. The van der Waals surface area contributed by atoms with E-state index >= 15 is 0 Å². The molecule has 27 heavy (non-hydrogen) atoms. The number of pyridine rings is 1. The molecule has 0 bridgehead atoms. The summed E-state index contributed by atoms with van der Waals surface area (Å²) in [6.45, 7) is 5.84. The van der Waals surface area contributed by atoms with Crippen LogP contribution >= 0.6 is 0 Å². The molecular weight excluding hydrogens is 342 g/mol. The first kappa shape index (κ1) is 16.4. The molecule has 8 heteroatoms. The van der Waals surface area contributed by atoms with Crippen LogP contribution in [-0.2, 0) is 20.0 Å². The Kier molecular flexibility index (Phi) is 3.57. The molecule has 5 rings (SSSR count). The van der Waals surface area contributed by atoms with Gasteiger partial charge in [0.25, 0.3) is 5.91 Å². The molecule has 0 atom stereocenters. The topological polar surface area (TPSA) is 81.7 Å². The van der Waals surface area contributed by atoms with E-state index in [1.54, 1.807) is 4.68 Å². The number of amides is 1. The normalized spacial score (nSPS) is 17.2. The summed E-state index contributed by atoms with van der Waals surface area (Å²) in [5, 5.41) is 9.97. The van der Waals surface area contributed by atoms with Gasteiger partial charge in [-0.3, -0.25) is 9.48 Å². The predicted octanol–water partition coefficient (Wildman–Crippen LogP) is 1.75. The number of aryl methyl sites for hydroxylation is 3. The molecule has 140 valence electrons. The van der Waals surface area contributed by atoms with E-state index in [0.29, 0.717) is 31.1 Å². The van der Waals surface area contributed by atoms with E-state index in [0.717, 1.165) is 40.5 Å². The number of aromatic nitrogens is 6. The summed E-state index contributed by atoms with van der Waals surface area (Å²) in [6.07, 6.45) is 3.15. The Balaban J connectivity index is 1.45. The van der Waals surface area contributed by atoms with Crippen molar-refractivity contribution < 1.29 is 4.79 Å². The van der Waals surface area contributed by atoms with Gasteiger partial charge in [0.05, 0.1) is 23.2 Å². The number of hydrogen-bond acceptors (Lipinski definition) is 5. The molecule has 0 spiro atoms. The van der Waals surface area contributed by atoms with Gasteiger partial charge >= 0.3 is 0 Å². The minimum Gasteiger partial charge on any atom is -0.336 e. The van der Waals surface area contributed by atoms with Gasteiger partial charge in [-0.25, -0.2) is 14.6 Å². The standard InChI is InChI=1S/C19H23N7O/c1-11-10-14(16-12(2)22-24(3)18(16)20-11)19(27)25-7-6-15-21-17(13-4-5-13)23-26(15)9-8-25/h10,13H,4-9H2,1-3H3. The van der Waals surface area contributed by atoms with Gasteiger partial charge in [0.1, 0.15) is 5.82 Å². The van der Waals surface area contributed by atoms with E-state index in [-0.39, 0.29) is 5.91 Å². The molecule has 0 saturated heterocycles. The van der Waals surface area contributed by atoms with Gasteiger partial charge < -0.3 is 4.90 Å². The van der Waals surface area contributed by atoms with Crippen LogP contribution in [0.1, 0.15) is 52.2 Å². The van der Waals surface area contributed by atoms with Crippen LogP contribution in [0.3, 0.4) is 0 Å². The number of carbonyl (C=O) groups excluding carboxylic acids is 1. The lowest BCUT2D eigenvalue weighted by molar-refractivity contribution is 0.0760. The van der Waals surface area contributed by atoms with Crippen LogP contribution in [0.4, 0.5) is 0 Å². The average molecular weight is 365 g/mol. The first-order chi connectivity index (χ1) is 13.0. The molecule has 4 heterocycles. The smallest absolute Gasteiger partial charge is 0.254 e. The maximum Gasteiger partial charge on any atom is 0.254 e. The molecule has 1 aliphatic carbocycles. The van der Waals surface area contributed by atoms with E-state index in [2.05, 4.69) is 15.2 Å². The van der Waals surface area contributed by atoms with Crippen LogP contribution in [0.5, 0.6) is 0 Å². The van der Waals surface area contributed by atoms with Crippen molar-refractivity contribution >= 4 is 16.9 Å². The summed E-state index contributed by atoms with van der Waals surface area (Å²) in [5.74, 6) is 2.58. The Morgan fingerprint density at radius 3 is 2.70 bits per heavy atom. The fourth-order valence-electron chi connectivity index (χ4n) is 3.95. The summed E-state index contributed by atoms with van der Waals surface area (Å²) in [6, 6.07) is 1.88. The van der Waals surface area contributed by atoms with Crippen LogP contribution in [0.2, 0.25) is 0 Å². The van der Waals surface area contributed by atoms with Crippen molar-refractivity contribution in [2.24, 2.45) is 7.05 Å². The van der Waals surface area contributed by atoms with Gasteiger partial charge in [-0.15, -0.1) is 0 Å². The van der Waals surface area contributed by atoms with E-state index < -0.39 is 0 Å². The molecule has 3 aromatic heterocycles. The molecule has 1 fully saturated rings. The zero-order valence-corrected chi connectivity index (χ0v) is 15.9. The van der Waals surface area contributed by atoms with E-state index in [4.69, 9.17) is 4.98 Å². The Morgan fingerprint density at radius 1 is 1.11 bits per heavy atom. The maximum atomic E-state index is 13.3. The van der Waals surface area contributed by atoms with Gasteiger partial charge in [-0.2, -0.15) is 10.2 Å². The summed E-state index contributed by atoms with van der Waals surface area (Å²) >= 11 is 0. The first-order valence-corrected chi connectivity index (χ1v) is 9.55. The summed E-state index contributed by atoms with van der Waals surface area (Å²) in [5.41, 5.74) is 3.11. The summed E-state index contributed by atoms with van der Waals surface area (Å²) < 4.78 is 3.74. The van der Waals surface area contributed by atoms with Gasteiger partial charge in [-0.05, 0) is 32.8 Å². The molecule has 0 N–H and O–H groups in total. The fourth-order valence-corrected chi connectivity index (χ4v) is 3.95. The lowest BCUT2D eigenvalue weighted by atomic mass is 10.1. The Morgan fingerprint density at radius 2 is 1.93 bits per heavy atom. The highest BCUT2D eigenvalue weighted by Gasteiger charge is 2.30. The van der Waals surface area contributed by atoms with Crippen LogP contribution in [0.15, 0.2) is 6.07 Å². The Hall–Kier alpha value is -2.77. The largest absolute Gasteiger partial charge is 0.336 e. The van der Waals surface area contributed by atoms with Crippen molar-refractivity contribution in [1.29, 1.82) is 0 Å². The number of carbonyl (C=O) groups is 1. The number of rotatable bonds is 2. The van der Waals surface area contributed by atoms with Gasteiger partial charge in [0.2, 0.25) is 0 Å². The SMILES string of the molecule is Cc1cc(C(=O)N2CCc3nc(C4CC4)nn3CC2)c2c(C)nn(C)c2n1. The summed E-state index contributed by atoms with van der Waals surface area (Å²) in [7, 11) is 1.87. The monoisotopic (exact) mass is 365 g/mol. The highest BCUT2D eigenvalue weighted by molar-refractivity contribution is 6.06. The highest BCUT2D eigenvalue weighted by atomic mass is 16.2. The Bertz CT molecular complexity index is 1030. The Labute approximate surface area is 157 Å². The molecule has 1 aliphatic heterocycles. The van der Waals surface area contributed by atoms with Crippen LogP contribution in [0, 0.1) is 13.8 Å². The quantitative estimate of drug-likeness (QED) is 0.691. The number of fused-ring (bicyclic) bond motifs is 2. The minimum atomic E-state index is 0.0368. The van der Waals surface area contributed by atoms with Crippen molar-refractivity contribution in [3.63, 3.8) is 0 Å². The first-order valence-electron chi connectivity index (χ1n) is 9.55. The van der Waals surface area contributed by atoms with E-state index in [1.807, 2.05) is 36.5 Å². The third-order valence-corrected chi connectivity index (χ3v) is 5.51. The maximum absolute atomic E-state index is 13.3. The van der Waals surface area contributed by atoms with Crippen LogP contribution in [0.25, 0.3) is 11.0 Å². The minimum absolute atomic E-state index is 0.0368. The van der Waals surface area contributed by atoms with Crippen molar-refractivity contribution in [2.75, 3.05) is 13.1 Å². The molecule has 1 saturated carbocycles. The molecule has 0 aromatic carbocycles. The molecule has 0 unspecified atom stereocenters. The second kappa shape index (κ2) is 5.87. The molecule has 1 amide bonds. The van der Waals surface area contributed by atoms with Gasteiger partial charge in [0.15, 0.2) is 11.5 Å². The third-order valence-electron chi connectivity index (χ3n) is 5.51. The van der Waals surface area contributed by atoms with Crippen molar-refractivity contribution in [2.45, 2.75) is 45.6 Å². The highest BCUT2D eigenvalue weighted by Crippen LogP contribution is 2.38. The molecule has 3 aromatic rings. The van der Waals surface area contributed by atoms with Gasteiger partial charge in [-0.1, -0.05) is 0 Å². The summed E-state index contributed by atoms with van der Waals surface area (Å²) in [4.78, 5) is 24.5. The van der Waals surface area contributed by atoms with Crippen molar-refractivity contribution in [3.05, 3.63) is 34.7 Å². The zero-order valence-electron chi connectivity index (χ0n) is 15.9. The van der Waals surface area contributed by atoms with Crippen LogP contribution in [-0.4, -0.2) is 53.4 Å². The number of nitrogens with zero attached hydrogens (tertiary/aromatic N) is 7. The number of hydrogen-bond donors (Lipinski definition) is 0. The molecule has 2 aliphatic rings. The second-order valence-corrected chi connectivity index (χ2v) is 7.64. The predicted molar refractivity (Wildman–Crippen MR) is 99.6 cm³/mol. The van der Waals surface area contributed by atoms with Gasteiger partial charge in [0, 0.05) is 38.2 Å². The zero-order chi connectivity index (χ0) is 18.7. The van der Waals surface area contributed by atoms with Crippen molar-refractivity contribution in [1.82, 2.24) is 34.4 Å². The van der Waals surface area contributed by atoms with E-state index in [9.17, 15) is 4.79 Å².